The molecule has 2 aromatic rings. The monoisotopic (exact) mass is 428 g/mol. The number of rotatable bonds is 8. The van der Waals surface area contributed by atoms with Gasteiger partial charge in [-0.15, -0.1) is 0 Å². The molecule has 1 heterocycles. The highest BCUT2D eigenvalue weighted by molar-refractivity contribution is 5.94. The van der Waals surface area contributed by atoms with Crippen molar-refractivity contribution in [3.05, 3.63) is 41.6 Å². The first-order valence-corrected chi connectivity index (χ1v) is 10.4. The predicted molar refractivity (Wildman–Crippen MR) is 119 cm³/mol. The molecule has 2 amide bonds. The van der Waals surface area contributed by atoms with Crippen LogP contribution in [0.5, 0.6) is 0 Å². The highest BCUT2D eigenvalue weighted by atomic mass is 16.5. The second-order valence-electron chi connectivity index (χ2n) is 8.52. The molecule has 8 nitrogen and oxygen atoms in total. The van der Waals surface area contributed by atoms with Gasteiger partial charge in [-0.05, 0) is 26.0 Å². The Hall–Kier alpha value is -3.16. The van der Waals surface area contributed by atoms with Gasteiger partial charge in [-0.3, -0.25) is 14.4 Å². The van der Waals surface area contributed by atoms with Crippen LogP contribution in [0.25, 0.3) is 5.69 Å². The largest absolute Gasteiger partial charge is 0.466 e. The van der Waals surface area contributed by atoms with Crippen LogP contribution in [-0.4, -0.2) is 52.7 Å². The Morgan fingerprint density at radius 2 is 1.77 bits per heavy atom. The molecule has 31 heavy (non-hydrogen) atoms. The predicted octanol–water partition coefficient (Wildman–Crippen LogP) is 3.22. The molecule has 1 N–H and O–H groups in total. The van der Waals surface area contributed by atoms with E-state index in [1.54, 1.807) is 11.6 Å². The van der Waals surface area contributed by atoms with Crippen LogP contribution in [0, 0.1) is 6.92 Å². The smallest absolute Gasteiger partial charge is 0.306 e. The summed E-state index contributed by atoms with van der Waals surface area (Å²) < 4.78 is 6.52. The molecule has 0 aliphatic rings. The average Bonchev–Trinajstić information content (AvgIpc) is 3.11. The van der Waals surface area contributed by atoms with Crippen LogP contribution in [0.4, 0.5) is 5.82 Å². The summed E-state index contributed by atoms with van der Waals surface area (Å²) in [6.45, 7) is 10.0. The number of benzene rings is 1. The molecule has 1 aromatic carbocycles. The molecule has 0 aliphatic heterocycles. The molecular weight excluding hydrogens is 396 g/mol. The molecule has 168 valence electrons. The van der Waals surface area contributed by atoms with Crippen LogP contribution >= 0.6 is 0 Å². The second kappa shape index (κ2) is 10.2. The summed E-state index contributed by atoms with van der Waals surface area (Å²) in [5.41, 5.74) is 2.59. The van der Waals surface area contributed by atoms with E-state index < -0.39 is 5.97 Å². The summed E-state index contributed by atoms with van der Waals surface area (Å²) in [5.74, 6) is -0.539. The standard InChI is InChI=1S/C23H32N4O4/c1-7-31-22(30)13-12-21(29)26(6)15-20(28)24-19-14-18(23(3,4)5)25-27(19)17-10-8-16(2)9-11-17/h8-11,14H,7,12-13,15H2,1-6H3,(H,24,28). The zero-order valence-corrected chi connectivity index (χ0v) is 19.2. The van der Waals surface area contributed by atoms with Gasteiger partial charge in [0.05, 0.1) is 31.0 Å². The number of esters is 1. The van der Waals surface area contributed by atoms with Gasteiger partial charge in [0.2, 0.25) is 11.8 Å². The first kappa shape index (κ1) is 24.1. The fraction of sp³-hybridized carbons (Fsp3) is 0.478. The van der Waals surface area contributed by atoms with E-state index in [1.165, 1.54) is 11.9 Å². The summed E-state index contributed by atoms with van der Waals surface area (Å²) in [6, 6.07) is 9.69. The quantitative estimate of drug-likeness (QED) is 0.652. The second-order valence-corrected chi connectivity index (χ2v) is 8.52. The van der Waals surface area contributed by atoms with Crippen molar-refractivity contribution in [1.82, 2.24) is 14.7 Å². The number of nitrogens with one attached hydrogen (secondary N) is 1. The van der Waals surface area contributed by atoms with Crippen LogP contribution in [0.2, 0.25) is 0 Å². The lowest BCUT2D eigenvalue weighted by Crippen LogP contribution is -2.35. The Morgan fingerprint density at radius 1 is 1.13 bits per heavy atom. The molecule has 0 fully saturated rings. The number of aryl methyl sites for hydroxylation is 1. The van der Waals surface area contributed by atoms with E-state index in [-0.39, 0.29) is 43.2 Å². The van der Waals surface area contributed by atoms with Crippen molar-refractivity contribution in [2.75, 3.05) is 25.5 Å². The number of ether oxygens (including phenoxy) is 1. The summed E-state index contributed by atoms with van der Waals surface area (Å²) in [6.07, 6.45) is -0.00808. The van der Waals surface area contributed by atoms with E-state index in [2.05, 4.69) is 31.2 Å². The van der Waals surface area contributed by atoms with E-state index in [0.717, 1.165) is 16.9 Å². The van der Waals surface area contributed by atoms with Crippen molar-refractivity contribution in [3.8, 4) is 5.69 Å². The molecule has 0 radical (unpaired) electrons. The molecule has 0 aliphatic carbocycles. The summed E-state index contributed by atoms with van der Waals surface area (Å²) >= 11 is 0. The van der Waals surface area contributed by atoms with Gasteiger partial charge in [0.25, 0.3) is 0 Å². The Morgan fingerprint density at radius 3 is 2.35 bits per heavy atom. The summed E-state index contributed by atoms with van der Waals surface area (Å²) in [5, 5.41) is 7.55. The fourth-order valence-electron chi connectivity index (χ4n) is 2.84. The van der Waals surface area contributed by atoms with Crippen molar-refractivity contribution in [2.24, 2.45) is 0 Å². The first-order valence-electron chi connectivity index (χ1n) is 10.4. The Labute approximate surface area is 183 Å². The molecule has 0 saturated carbocycles. The van der Waals surface area contributed by atoms with E-state index in [1.807, 2.05) is 37.3 Å². The van der Waals surface area contributed by atoms with Crippen LogP contribution in [0.1, 0.15) is 51.8 Å². The van der Waals surface area contributed by atoms with Crippen molar-refractivity contribution < 1.29 is 19.1 Å². The maximum absolute atomic E-state index is 12.6. The van der Waals surface area contributed by atoms with Gasteiger partial charge in [0, 0.05) is 24.9 Å². The third-order valence-corrected chi connectivity index (χ3v) is 4.68. The lowest BCUT2D eigenvalue weighted by atomic mass is 9.92. The Balaban J connectivity index is 2.11. The van der Waals surface area contributed by atoms with Crippen LogP contribution in [0.3, 0.4) is 0 Å². The van der Waals surface area contributed by atoms with Gasteiger partial charge in [0.1, 0.15) is 5.82 Å². The molecule has 0 unspecified atom stereocenters. The van der Waals surface area contributed by atoms with Crippen molar-refractivity contribution in [2.45, 2.75) is 52.9 Å². The zero-order chi connectivity index (χ0) is 23.2. The van der Waals surface area contributed by atoms with Gasteiger partial charge in [-0.2, -0.15) is 5.10 Å². The molecule has 0 spiro atoms. The number of amides is 2. The molecule has 8 heteroatoms. The number of hydrogen-bond acceptors (Lipinski definition) is 5. The third-order valence-electron chi connectivity index (χ3n) is 4.68. The van der Waals surface area contributed by atoms with Crippen LogP contribution < -0.4 is 5.32 Å². The molecular formula is C23H32N4O4. The van der Waals surface area contributed by atoms with Gasteiger partial charge in [0.15, 0.2) is 0 Å². The highest BCUT2D eigenvalue weighted by Crippen LogP contribution is 2.26. The van der Waals surface area contributed by atoms with E-state index in [4.69, 9.17) is 4.74 Å². The molecule has 0 atom stereocenters. The number of aromatic nitrogens is 2. The molecule has 0 saturated heterocycles. The van der Waals surface area contributed by atoms with E-state index in [0.29, 0.717) is 5.82 Å². The van der Waals surface area contributed by atoms with Crippen molar-refractivity contribution >= 4 is 23.6 Å². The van der Waals surface area contributed by atoms with Crippen LogP contribution in [0.15, 0.2) is 30.3 Å². The Bertz CT molecular complexity index is 926. The Kier molecular flexibility index (Phi) is 7.96. The summed E-state index contributed by atoms with van der Waals surface area (Å²) in [4.78, 5) is 37.6. The number of likely N-dealkylation sites (N-methyl/N-ethyl adjacent to an activating group) is 1. The third kappa shape index (κ3) is 6.94. The number of nitrogens with zero attached hydrogens (tertiary/aromatic N) is 3. The number of carbonyl (C=O) groups excluding carboxylic acids is 3. The molecule has 2 rings (SSSR count). The lowest BCUT2D eigenvalue weighted by molar-refractivity contribution is -0.145. The van der Waals surface area contributed by atoms with Gasteiger partial charge >= 0.3 is 5.97 Å². The number of carbonyl (C=O) groups is 3. The minimum Gasteiger partial charge on any atom is -0.466 e. The van der Waals surface area contributed by atoms with Crippen molar-refractivity contribution in [1.29, 1.82) is 0 Å². The van der Waals surface area contributed by atoms with Gasteiger partial charge in [-0.1, -0.05) is 38.5 Å². The number of hydrogen-bond donors (Lipinski definition) is 1. The van der Waals surface area contributed by atoms with E-state index in [9.17, 15) is 14.4 Å². The van der Waals surface area contributed by atoms with Gasteiger partial charge in [-0.25, -0.2) is 4.68 Å². The lowest BCUT2D eigenvalue weighted by Gasteiger charge is -2.17. The maximum Gasteiger partial charge on any atom is 0.306 e. The van der Waals surface area contributed by atoms with E-state index >= 15 is 0 Å². The minimum absolute atomic E-state index is 0.00190. The normalized spacial score (nSPS) is 11.2. The summed E-state index contributed by atoms with van der Waals surface area (Å²) in [7, 11) is 1.53. The van der Waals surface area contributed by atoms with Crippen molar-refractivity contribution in [3.63, 3.8) is 0 Å². The van der Waals surface area contributed by atoms with Crippen LogP contribution in [-0.2, 0) is 24.5 Å². The zero-order valence-electron chi connectivity index (χ0n) is 19.2. The number of anilines is 1. The average molecular weight is 429 g/mol. The topological polar surface area (TPSA) is 93.5 Å². The first-order chi connectivity index (χ1) is 14.5. The molecule has 0 bridgehead atoms. The van der Waals surface area contributed by atoms with Gasteiger partial charge < -0.3 is 15.0 Å². The highest BCUT2D eigenvalue weighted by Gasteiger charge is 2.22. The molecule has 1 aromatic heterocycles. The SMILES string of the molecule is CCOC(=O)CCC(=O)N(C)CC(=O)Nc1cc(C(C)(C)C)nn1-c1ccc(C)cc1. The minimum atomic E-state index is -0.426. The maximum atomic E-state index is 12.6. The fourth-order valence-corrected chi connectivity index (χ4v) is 2.84.